The third-order valence-corrected chi connectivity index (χ3v) is 4.45. The molecule has 1 saturated carbocycles. The Kier molecular flexibility index (Phi) is 3.78. The van der Waals surface area contributed by atoms with Crippen LogP contribution in [0.2, 0.25) is 0 Å². The highest BCUT2D eigenvalue weighted by molar-refractivity contribution is 7.80. The fraction of sp³-hybridized carbons (Fsp3) is 1.00. The van der Waals surface area contributed by atoms with Gasteiger partial charge in [0.05, 0.1) is 0 Å². The standard InChI is InChI=1S/C12H23NS/c14-11-10-13-8-6-12(7-9-13)4-2-1-3-5-12/h14H,1-11H2. The van der Waals surface area contributed by atoms with E-state index in [1.807, 2.05) is 0 Å². The molecule has 2 aliphatic rings. The van der Waals surface area contributed by atoms with Gasteiger partial charge >= 0.3 is 0 Å². The number of hydrogen-bond acceptors (Lipinski definition) is 2. The fourth-order valence-corrected chi connectivity index (χ4v) is 3.48. The molecule has 2 rings (SSSR count). The van der Waals surface area contributed by atoms with Crippen LogP contribution in [0.3, 0.4) is 0 Å². The SMILES string of the molecule is SCCN1CCC2(CCCCC2)CC1. The van der Waals surface area contributed by atoms with Gasteiger partial charge in [0, 0.05) is 12.3 Å². The summed E-state index contributed by atoms with van der Waals surface area (Å²) in [5.74, 6) is 1.02. The molecule has 0 aromatic heterocycles. The van der Waals surface area contributed by atoms with Gasteiger partial charge in [0.2, 0.25) is 0 Å². The normalized spacial score (nSPS) is 28.1. The lowest BCUT2D eigenvalue weighted by Crippen LogP contribution is -2.41. The maximum absolute atomic E-state index is 4.31. The van der Waals surface area contributed by atoms with Crippen LogP contribution in [0.25, 0.3) is 0 Å². The highest BCUT2D eigenvalue weighted by Crippen LogP contribution is 2.44. The summed E-state index contributed by atoms with van der Waals surface area (Å²) in [7, 11) is 0. The number of thiol groups is 1. The quantitative estimate of drug-likeness (QED) is 0.690. The lowest BCUT2D eigenvalue weighted by Gasteiger charge is -2.44. The minimum atomic E-state index is 0.769. The Labute approximate surface area is 93.7 Å². The summed E-state index contributed by atoms with van der Waals surface area (Å²) in [5, 5.41) is 0. The predicted molar refractivity (Wildman–Crippen MR) is 65.0 cm³/mol. The first-order valence-electron chi connectivity index (χ1n) is 6.18. The molecule has 0 aromatic rings. The molecule has 1 nitrogen and oxygen atoms in total. The van der Waals surface area contributed by atoms with E-state index in [1.165, 1.54) is 64.6 Å². The molecule has 0 bridgehead atoms. The van der Waals surface area contributed by atoms with Crippen molar-refractivity contribution in [2.24, 2.45) is 5.41 Å². The van der Waals surface area contributed by atoms with Crippen molar-refractivity contribution < 1.29 is 0 Å². The van der Waals surface area contributed by atoms with E-state index in [2.05, 4.69) is 17.5 Å². The molecule has 0 N–H and O–H groups in total. The zero-order chi connectivity index (χ0) is 9.86. The molecule has 0 aromatic carbocycles. The van der Waals surface area contributed by atoms with Crippen LogP contribution in [0.15, 0.2) is 0 Å². The minimum Gasteiger partial charge on any atom is -0.302 e. The fourth-order valence-electron chi connectivity index (χ4n) is 3.19. The largest absolute Gasteiger partial charge is 0.302 e. The molecule has 0 radical (unpaired) electrons. The first-order chi connectivity index (χ1) is 6.85. The van der Waals surface area contributed by atoms with Crippen LogP contribution in [-0.4, -0.2) is 30.3 Å². The number of hydrogen-bond donors (Lipinski definition) is 1. The summed E-state index contributed by atoms with van der Waals surface area (Å²) in [6.07, 6.45) is 10.4. The Hall–Kier alpha value is 0.310. The van der Waals surface area contributed by atoms with Crippen LogP contribution in [-0.2, 0) is 0 Å². The zero-order valence-corrected chi connectivity index (χ0v) is 10.1. The van der Waals surface area contributed by atoms with Crippen molar-refractivity contribution >= 4 is 12.6 Å². The summed E-state index contributed by atoms with van der Waals surface area (Å²) in [6.45, 7) is 3.86. The molecule has 1 spiro atoms. The average Bonchev–Trinajstić information content (AvgIpc) is 2.24. The van der Waals surface area contributed by atoms with Gasteiger partial charge in [0.15, 0.2) is 0 Å². The molecule has 1 saturated heterocycles. The summed E-state index contributed by atoms with van der Waals surface area (Å²) in [5.41, 5.74) is 0.769. The highest BCUT2D eigenvalue weighted by atomic mass is 32.1. The van der Waals surface area contributed by atoms with E-state index in [4.69, 9.17) is 0 Å². The van der Waals surface area contributed by atoms with Crippen LogP contribution >= 0.6 is 12.6 Å². The first-order valence-corrected chi connectivity index (χ1v) is 6.81. The molecule has 2 fully saturated rings. The predicted octanol–water partition coefficient (Wildman–Crippen LogP) is 2.96. The average molecular weight is 213 g/mol. The van der Waals surface area contributed by atoms with Crippen LogP contribution in [0.5, 0.6) is 0 Å². The molecule has 82 valence electrons. The maximum atomic E-state index is 4.31. The van der Waals surface area contributed by atoms with Crippen LogP contribution in [0, 0.1) is 5.41 Å². The van der Waals surface area contributed by atoms with Gasteiger partial charge in [-0.3, -0.25) is 0 Å². The van der Waals surface area contributed by atoms with Crippen molar-refractivity contribution in [2.45, 2.75) is 44.9 Å². The van der Waals surface area contributed by atoms with Gasteiger partial charge in [-0.1, -0.05) is 19.3 Å². The highest BCUT2D eigenvalue weighted by Gasteiger charge is 2.34. The van der Waals surface area contributed by atoms with Gasteiger partial charge in [-0.2, -0.15) is 12.6 Å². The van der Waals surface area contributed by atoms with Gasteiger partial charge in [-0.15, -0.1) is 0 Å². The van der Waals surface area contributed by atoms with Crippen molar-refractivity contribution in [3.05, 3.63) is 0 Å². The summed E-state index contributed by atoms with van der Waals surface area (Å²) in [4.78, 5) is 2.59. The van der Waals surface area contributed by atoms with E-state index in [-0.39, 0.29) is 0 Å². The van der Waals surface area contributed by atoms with Crippen molar-refractivity contribution in [1.82, 2.24) is 4.90 Å². The molecule has 2 heteroatoms. The van der Waals surface area contributed by atoms with E-state index < -0.39 is 0 Å². The molecule has 0 amide bonds. The van der Waals surface area contributed by atoms with E-state index >= 15 is 0 Å². The molecule has 1 aliphatic carbocycles. The molecule has 14 heavy (non-hydrogen) atoms. The Morgan fingerprint density at radius 2 is 1.57 bits per heavy atom. The smallest absolute Gasteiger partial charge is 0.00698 e. The number of likely N-dealkylation sites (tertiary alicyclic amines) is 1. The van der Waals surface area contributed by atoms with E-state index in [9.17, 15) is 0 Å². The van der Waals surface area contributed by atoms with E-state index in [1.54, 1.807) is 0 Å². The van der Waals surface area contributed by atoms with E-state index in [0.717, 1.165) is 11.2 Å². The number of rotatable bonds is 2. The monoisotopic (exact) mass is 213 g/mol. The summed E-state index contributed by atoms with van der Waals surface area (Å²) in [6, 6.07) is 0. The van der Waals surface area contributed by atoms with E-state index in [0.29, 0.717) is 0 Å². The summed E-state index contributed by atoms with van der Waals surface area (Å²) >= 11 is 4.31. The molecule has 0 atom stereocenters. The number of nitrogens with zero attached hydrogens (tertiary/aromatic N) is 1. The van der Waals surface area contributed by atoms with Gasteiger partial charge in [-0.25, -0.2) is 0 Å². The third-order valence-electron chi connectivity index (χ3n) is 4.25. The molecule has 1 heterocycles. The second kappa shape index (κ2) is 4.89. The Morgan fingerprint density at radius 1 is 0.929 bits per heavy atom. The van der Waals surface area contributed by atoms with Crippen LogP contribution in [0.4, 0.5) is 0 Å². The molecule has 1 aliphatic heterocycles. The van der Waals surface area contributed by atoms with Crippen LogP contribution in [0.1, 0.15) is 44.9 Å². The zero-order valence-electron chi connectivity index (χ0n) is 9.17. The third kappa shape index (κ3) is 2.46. The van der Waals surface area contributed by atoms with Crippen molar-refractivity contribution in [3.63, 3.8) is 0 Å². The van der Waals surface area contributed by atoms with Gasteiger partial charge in [-0.05, 0) is 44.2 Å². The Bertz CT molecular complexity index is 165. The van der Waals surface area contributed by atoms with Crippen molar-refractivity contribution in [3.8, 4) is 0 Å². The lowest BCUT2D eigenvalue weighted by atomic mass is 9.68. The first kappa shape index (κ1) is 10.8. The number of piperidine rings is 1. The second-order valence-corrected chi connectivity index (χ2v) is 5.57. The Balaban J connectivity index is 1.81. The lowest BCUT2D eigenvalue weighted by molar-refractivity contribution is 0.0712. The van der Waals surface area contributed by atoms with Crippen molar-refractivity contribution in [1.29, 1.82) is 0 Å². The van der Waals surface area contributed by atoms with Gasteiger partial charge < -0.3 is 4.90 Å². The Morgan fingerprint density at radius 3 is 2.14 bits per heavy atom. The minimum absolute atomic E-state index is 0.769. The topological polar surface area (TPSA) is 3.24 Å². The molecular weight excluding hydrogens is 190 g/mol. The van der Waals surface area contributed by atoms with Crippen LogP contribution < -0.4 is 0 Å². The van der Waals surface area contributed by atoms with Gasteiger partial charge in [0.1, 0.15) is 0 Å². The van der Waals surface area contributed by atoms with Gasteiger partial charge in [0.25, 0.3) is 0 Å². The molecular formula is C12H23NS. The summed E-state index contributed by atoms with van der Waals surface area (Å²) < 4.78 is 0. The second-order valence-electron chi connectivity index (χ2n) is 5.13. The molecule has 0 unspecified atom stereocenters. The maximum Gasteiger partial charge on any atom is 0.00698 e. The van der Waals surface area contributed by atoms with Crippen molar-refractivity contribution in [2.75, 3.05) is 25.4 Å².